The molecule has 0 aromatic carbocycles. The maximum atomic E-state index is 3.04. The van der Waals surface area contributed by atoms with Gasteiger partial charge in [0.2, 0.25) is 0 Å². The molecule has 29 heavy (non-hydrogen) atoms. The zero-order chi connectivity index (χ0) is 19.9. The van der Waals surface area contributed by atoms with Crippen LogP contribution in [0.3, 0.4) is 0 Å². The van der Waals surface area contributed by atoms with Crippen LogP contribution in [-0.4, -0.2) is 75.0 Å². The van der Waals surface area contributed by atoms with Gasteiger partial charge in [-0.3, -0.25) is 9.80 Å². The van der Waals surface area contributed by atoms with Gasteiger partial charge in [0.05, 0.1) is 0 Å². The van der Waals surface area contributed by atoms with Crippen LogP contribution in [0.5, 0.6) is 0 Å². The lowest BCUT2D eigenvalue weighted by Crippen LogP contribution is -2.49. The molecule has 3 nitrogen and oxygen atoms in total. The fourth-order valence-corrected chi connectivity index (χ4v) is 10.8. The van der Waals surface area contributed by atoms with E-state index in [9.17, 15) is 0 Å². The summed E-state index contributed by atoms with van der Waals surface area (Å²) in [5, 5.41) is 0. The van der Waals surface area contributed by atoms with Gasteiger partial charge in [-0.15, -0.1) is 0 Å². The Kier molecular flexibility index (Phi) is 5.29. The molecule has 3 aliphatic carbocycles. The normalized spacial score (nSPS) is 54.4. The van der Waals surface area contributed by atoms with Crippen LogP contribution in [-0.2, 0) is 0 Å². The molecule has 11 unspecified atom stereocenters. The number of rotatable bonds is 6. The molecular weight excluding hydrogens is 469 g/mol. The summed E-state index contributed by atoms with van der Waals surface area (Å²) in [4.78, 5) is 8.74. The molecule has 0 amide bonds. The molecule has 11 atom stereocenters. The first-order chi connectivity index (χ1) is 14.0. The van der Waals surface area contributed by atoms with E-state index in [1.807, 2.05) is 0 Å². The van der Waals surface area contributed by atoms with Gasteiger partial charge < -0.3 is 4.90 Å². The van der Waals surface area contributed by atoms with Crippen LogP contribution < -0.4 is 0 Å². The van der Waals surface area contributed by atoms with Crippen molar-refractivity contribution in [3.63, 3.8) is 0 Å². The third-order valence-electron chi connectivity index (χ3n) is 10.8. The minimum absolute atomic E-state index is 0.837. The number of alkyl halides is 1. The van der Waals surface area contributed by atoms with E-state index < -0.39 is 0 Å². The first-order valence-corrected chi connectivity index (χ1v) is 14.1. The van der Waals surface area contributed by atoms with Gasteiger partial charge in [-0.25, -0.2) is 0 Å². The van der Waals surface area contributed by atoms with Crippen molar-refractivity contribution in [2.45, 2.75) is 112 Å². The molecule has 6 fully saturated rings. The topological polar surface area (TPSA) is 9.72 Å². The summed E-state index contributed by atoms with van der Waals surface area (Å²) in [5.74, 6) is 3.93. The minimum atomic E-state index is 0.837. The van der Waals surface area contributed by atoms with Crippen molar-refractivity contribution in [3.8, 4) is 0 Å². The average molecular weight is 512 g/mol. The fourth-order valence-electron chi connectivity index (χ4n) is 9.34. The lowest BCUT2D eigenvalue weighted by atomic mass is 9.89. The zero-order valence-electron chi connectivity index (χ0n) is 18.8. The second-order valence-electron chi connectivity index (χ2n) is 11.9. The van der Waals surface area contributed by atoms with Crippen molar-refractivity contribution >= 4 is 22.6 Å². The molecule has 0 aromatic rings. The molecule has 0 aromatic heterocycles. The summed E-state index contributed by atoms with van der Waals surface area (Å²) in [6, 6.07) is 5.35. The summed E-state index contributed by atoms with van der Waals surface area (Å²) in [7, 11) is 2.43. The van der Waals surface area contributed by atoms with Crippen LogP contribution in [0, 0.1) is 23.7 Å². The van der Waals surface area contributed by atoms with E-state index >= 15 is 0 Å². The Balaban J connectivity index is 1.09. The van der Waals surface area contributed by atoms with Gasteiger partial charge in [0.15, 0.2) is 0 Å². The van der Waals surface area contributed by atoms with Gasteiger partial charge in [0.25, 0.3) is 0 Å². The average Bonchev–Trinajstić information content (AvgIpc) is 3.49. The zero-order valence-corrected chi connectivity index (χ0v) is 21.0. The highest BCUT2D eigenvalue weighted by Crippen LogP contribution is 2.50. The van der Waals surface area contributed by atoms with Crippen LogP contribution in [0.4, 0.5) is 0 Å². The number of likely N-dealkylation sites (tertiary alicyclic amines) is 3. The van der Waals surface area contributed by atoms with Crippen LogP contribution in [0.1, 0.15) is 71.6 Å². The Hall–Kier alpha value is 0.610. The van der Waals surface area contributed by atoms with Crippen molar-refractivity contribution in [3.05, 3.63) is 0 Å². The molecule has 6 rings (SSSR count). The van der Waals surface area contributed by atoms with E-state index in [0.717, 1.165) is 63.8 Å². The van der Waals surface area contributed by atoms with Crippen LogP contribution >= 0.6 is 22.6 Å². The van der Waals surface area contributed by atoms with Crippen molar-refractivity contribution < 1.29 is 0 Å². The highest BCUT2D eigenvalue weighted by Gasteiger charge is 2.52. The monoisotopic (exact) mass is 511 g/mol. The van der Waals surface area contributed by atoms with Gasteiger partial charge in [-0.2, -0.15) is 0 Å². The van der Waals surface area contributed by atoms with E-state index in [-0.39, 0.29) is 0 Å². The Labute approximate surface area is 192 Å². The largest absolute Gasteiger partial charge is 0.300 e. The van der Waals surface area contributed by atoms with Crippen LogP contribution in [0.25, 0.3) is 0 Å². The van der Waals surface area contributed by atoms with E-state index in [2.05, 4.69) is 58.2 Å². The Morgan fingerprint density at radius 3 is 2.31 bits per heavy atom. The van der Waals surface area contributed by atoms with E-state index in [4.69, 9.17) is 0 Å². The standard InChI is InChI=1S/C25H42IN3/c1-15-10-18-12-25(15)29(9-6-23-17-4-5-19(11-17)27(23)3)24(18)7-8-28-16(2)21-13-20(28)14-22(21)26/h15-25H,4-14H2,1-3H3. The lowest BCUT2D eigenvalue weighted by Gasteiger charge is -2.42. The second kappa shape index (κ2) is 7.59. The van der Waals surface area contributed by atoms with Crippen molar-refractivity contribution in [1.82, 2.24) is 14.7 Å². The van der Waals surface area contributed by atoms with Crippen molar-refractivity contribution in [2.75, 3.05) is 20.1 Å². The van der Waals surface area contributed by atoms with E-state index in [0.29, 0.717) is 0 Å². The highest BCUT2D eigenvalue weighted by atomic mass is 127. The van der Waals surface area contributed by atoms with Gasteiger partial charge in [0.1, 0.15) is 0 Å². The van der Waals surface area contributed by atoms with Gasteiger partial charge in [-0.05, 0) is 95.4 Å². The number of halogens is 1. The number of nitrogens with zero attached hydrogens (tertiary/aromatic N) is 3. The maximum absolute atomic E-state index is 3.04. The van der Waals surface area contributed by atoms with Crippen LogP contribution in [0.2, 0.25) is 0 Å². The van der Waals surface area contributed by atoms with E-state index in [1.165, 1.54) is 70.9 Å². The Morgan fingerprint density at radius 2 is 1.59 bits per heavy atom. The fraction of sp³-hybridized carbons (Fsp3) is 1.00. The number of hydrogen-bond donors (Lipinski definition) is 0. The molecule has 3 aliphatic heterocycles. The number of hydrogen-bond acceptors (Lipinski definition) is 3. The highest BCUT2D eigenvalue weighted by molar-refractivity contribution is 14.1. The smallest absolute Gasteiger partial charge is 0.0168 e. The van der Waals surface area contributed by atoms with Crippen molar-refractivity contribution in [1.29, 1.82) is 0 Å². The molecule has 0 N–H and O–H groups in total. The third kappa shape index (κ3) is 3.20. The summed E-state index contributed by atoms with van der Waals surface area (Å²) in [5.41, 5.74) is 0. The Bertz CT molecular complexity index is 623. The molecule has 0 radical (unpaired) electrons. The number of fused-ring (bicyclic) bond motifs is 6. The molecule has 3 saturated carbocycles. The SMILES string of the molecule is CC1CC2CC1N(CCC1C3CCC(C3)N1C)C2CCN1C2CC(I)C(C2)C1C. The van der Waals surface area contributed by atoms with Gasteiger partial charge >= 0.3 is 0 Å². The molecule has 4 heteroatoms. The minimum Gasteiger partial charge on any atom is -0.300 e. The maximum Gasteiger partial charge on any atom is 0.0168 e. The first kappa shape index (κ1) is 20.2. The third-order valence-corrected chi connectivity index (χ3v) is 12.3. The second-order valence-corrected chi connectivity index (χ2v) is 13.5. The molecule has 3 heterocycles. The Morgan fingerprint density at radius 1 is 0.793 bits per heavy atom. The molecule has 0 spiro atoms. The summed E-state index contributed by atoms with van der Waals surface area (Å²) >= 11 is 2.74. The lowest BCUT2D eigenvalue weighted by molar-refractivity contribution is 0.0622. The molecular formula is C25H42IN3. The van der Waals surface area contributed by atoms with E-state index in [1.54, 1.807) is 0 Å². The first-order valence-electron chi connectivity index (χ1n) is 12.9. The molecule has 3 saturated heterocycles. The summed E-state index contributed by atoms with van der Waals surface area (Å²) < 4.78 is 0.947. The summed E-state index contributed by atoms with van der Waals surface area (Å²) in [6.07, 6.45) is 13.3. The van der Waals surface area contributed by atoms with Crippen LogP contribution in [0.15, 0.2) is 0 Å². The summed E-state index contributed by atoms with van der Waals surface area (Å²) in [6.45, 7) is 7.82. The molecule has 164 valence electrons. The van der Waals surface area contributed by atoms with Crippen molar-refractivity contribution in [2.24, 2.45) is 23.7 Å². The number of piperidine rings is 3. The predicted molar refractivity (Wildman–Crippen MR) is 129 cm³/mol. The molecule has 6 aliphatic rings. The predicted octanol–water partition coefficient (Wildman–Crippen LogP) is 4.63. The van der Waals surface area contributed by atoms with Gasteiger partial charge in [-0.1, -0.05) is 29.5 Å². The quantitative estimate of drug-likeness (QED) is 0.380. The molecule has 6 bridgehead atoms. The van der Waals surface area contributed by atoms with Gasteiger partial charge in [0, 0.05) is 53.3 Å².